The van der Waals surface area contributed by atoms with Gasteiger partial charge >= 0.3 is 0 Å². The van der Waals surface area contributed by atoms with Crippen LogP contribution in [-0.2, 0) is 16.1 Å². The number of carbonyl (C=O) groups excluding carboxylic acids is 2. The zero-order valence-corrected chi connectivity index (χ0v) is 14.4. The van der Waals surface area contributed by atoms with Gasteiger partial charge < -0.3 is 19.5 Å². The van der Waals surface area contributed by atoms with Crippen molar-refractivity contribution in [3.8, 4) is 0 Å². The standard InChI is InChI=1S/C18H27N3O3/c1-14-4-7-20(8-5-14)9-6-19-18(23)15-11-17(22)21(12-15)13-16-3-2-10-24-16/h2-3,10,14-15H,4-9,11-13H2,1H3,(H,19,23)/t15-/m1/s1. The molecule has 0 spiro atoms. The van der Waals surface area contributed by atoms with Crippen molar-refractivity contribution in [3.05, 3.63) is 24.2 Å². The monoisotopic (exact) mass is 333 g/mol. The highest BCUT2D eigenvalue weighted by Gasteiger charge is 2.34. The van der Waals surface area contributed by atoms with Crippen molar-refractivity contribution in [1.82, 2.24) is 15.1 Å². The molecule has 2 aliphatic heterocycles. The molecule has 6 heteroatoms. The molecule has 0 unspecified atom stereocenters. The SMILES string of the molecule is CC1CCN(CCNC(=O)[C@@H]2CC(=O)N(Cc3ccco3)C2)CC1. The Morgan fingerprint density at radius 2 is 2.17 bits per heavy atom. The van der Waals surface area contributed by atoms with Crippen molar-refractivity contribution in [1.29, 1.82) is 0 Å². The second-order valence-corrected chi connectivity index (χ2v) is 7.07. The molecule has 0 aliphatic carbocycles. The summed E-state index contributed by atoms with van der Waals surface area (Å²) in [5.41, 5.74) is 0. The molecule has 1 aromatic heterocycles. The van der Waals surface area contributed by atoms with Crippen LogP contribution in [0.15, 0.2) is 22.8 Å². The van der Waals surface area contributed by atoms with Crippen LogP contribution >= 0.6 is 0 Å². The second-order valence-electron chi connectivity index (χ2n) is 7.07. The quantitative estimate of drug-likeness (QED) is 0.856. The summed E-state index contributed by atoms with van der Waals surface area (Å²) in [6, 6.07) is 3.65. The van der Waals surface area contributed by atoms with Crippen LogP contribution < -0.4 is 5.32 Å². The topological polar surface area (TPSA) is 65.8 Å². The molecule has 1 aromatic rings. The number of furan rings is 1. The minimum absolute atomic E-state index is 0.00401. The van der Waals surface area contributed by atoms with Gasteiger partial charge in [0.15, 0.2) is 0 Å². The zero-order chi connectivity index (χ0) is 16.9. The lowest BCUT2D eigenvalue weighted by Gasteiger charge is -2.30. The Bertz CT molecular complexity index is 550. The Morgan fingerprint density at radius 1 is 1.38 bits per heavy atom. The van der Waals surface area contributed by atoms with Crippen molar-refractivity contribution in [3.63, 3.8) is 0 Å². The van der Waals surface area contributed by atoms with Gasteiger partial charge in [0.1, 0.15) is 5.76 Å². The first-order valence-electron chi connectivity index (χ1n) is 8.92. The third kappa shape index (κ3) is 4.38. The minimum atomic E-state index is -0.242. The molecule has 3 heterocycles. The molecule has 2 amide bonds. The summed E-state index contributed by atoms with van der Waals surface area (Å²) in [6.07, 6.45) is 4.38. The number of nitrogens with one attached hydrogen (secondary N) is 1. The van der Waals surface area contributed by atoms with Crippen molar-refractivity contribution in [2.24, 2.45) is 11.8 Å². The molecule has 0 bridgehead atoms. The van der Waals surface area contributed by atoms with Gasteiger partial charge in [0.05, 0.1) is 18.7 Å². The normalized spacial score (nSPS) is 23.0. The van der Waals surface area contributed by atoms with Gasteiger partial charge in [-0.2, -0.15) is 0 Å². The Kier molecular flexibility index (Phi) is 5.56. The van der Waals surface area contributed by atoms with E-state index in [4.69, 9.17) is 4.42 Å². The Hall–Kier alpha value is -1.82. The largest absolute Gasteiger partial charge is 0.467 e. The lowest BCUT2D eigenvalue weighted by Crippen LogP contribution is -2.41. The van der Waals surface area contributed by atoms with Crippen molar-refractivity contribution in [2.45, 2.75) is 32.7 Å². The molecule has 24 heavy (non-hydrogen) atoms. The molecule has 3 rings (SSSR count). The highest BCUT2D eigenvalue weighted by molar-refractivity contribution is 5.89. The number of rotatable bonds is 6. The number of nitrogens with zero attached hydrogens (tertiary/aromatic N) is 2. The molecule has 2 fully saturated rings. The number of amides is 2. The fraction of sp³-hybridized carbons (Fsp3) is 0.667. The third-order valence-corrected chi connectivity index (χ3v) is 5.12. The zero-order valence-electron chi connectivity index (χ0n) is 14.4. The van der Waals surface area contributed by atoms with Crippen LogP contribution in [0.1, 0.15) is 31.9 Å². The maximum atomic E-state index is 12.3. The minimum Gasteiger partial charge on any atom is -0.467 e. The van der Waals surface area contributed by atoms with E-state index < -0.39 is 0 Å². The van der Waals surface area contributed by atoms with E-state index in [1.54, 1.807) is 17.2 Å². The second kappa shape index (κ2) is 7.83. The fourth-order valence-electron chi connectivity index (χ4n) is 3.46. The summed E-state index contributed by atoms with van der Waals surface area (Å²) in [5.74, 6) is 1.35. The van der Waals surface area contributed by atoms with Crippen molar-refractivity contribution < 1.29 is 14.0 Å². The Morgan fingerprint density at radius 3 is 2.88 bits per heavy atom. The lowest BCUT2D eigenvalue weighted by atomic mass is 9.99. The summed E-state index contributed by atoms with van der Waals surface area (Å²) in [4.78, 5) is 28.5. The van der Waals surface area contributed by atoms with Gasteiger partial charge in [0, 0.05) is 26.1 Å². The number of hydrogen-bond donors (Lipinski definition) is 1. The summed E-state index contributed by atoms with van der Waals surface area (Å²) >= 11 is 0. The molecule has 2 aliphatic rings. The van der Waals surface area contributed by atoms with E-state index in [1.807, 2.05) is 6.07 Å². The predicted molar refractivity (Wildman–Crippen MR) is 90.1 cm³/mol. The summed E-state index contributed by atoms with van der Waals surface area (Å²) in [6.45, 7) is 7.02. The van der Waals surface area contributed by atoms with Gasteiger partial charge in [-0.25, -0.2) is 0 Å². The molecule has 0 radical (unpaired) electrons. The van der Waals surface area contributed by atoms with Crippen molar-refractivity contribution in [2.75, 3.05) is 32.7 Å². The smallest absolute Gasteiger partial charge is 0.225 e. The first-order chi connectivity index (χ1) is 11.6. The third-order valence-electron chi connectivity index (χ3n) is 5.12. The molecule has 2 saturated heterocycles. The van der Waals surface area contributed by atoms with Crippen LogP contribution in [0.4, 0.5) is 0 Å². The summed E-state index contributed by atoms with van der Waals surface area (Å²) < 4.78 is 5.28. The highest BCUT2D eigenvalue weighted by Crippen LogP contribution is 2.20. The van der Waals surface area contributed by atoms with Gasteiger partial charge in [-0.1, -0.05) is 6.92 Å². The molecule has 1 atom stereocenters. The molecule has 0 aromatic carbocycles. The van der Waals surface area contributed by atoms with Gasteiger partial charge in [-0.05, 0) is 44.0 Å². The molecular formula is C18H27N3O3. The van der Waals surface area contributed by atoms with Gasteiger partial charge in [0.25, 0.3) is 0 Å². The van der Waals surface area contributed by atoms with Crippen LogP contribution in [-0.4, -0.2) is 54.3 Å². The van der Waals surface area contributed by atoms with E-state index in [-0.39, 0.29) is 17.7 Å². The van der Waals surface area contributed by atoms with Crippen molar-refractivity contribution >= 4 is 11.8 Å². The molecule has 1 N–H and O–H groups in total. The lowest BCUT2D eigenvalue weighted by molar-refractivity contribution is -0.129. The van der Waals surface area contributed by atoms with Crippen LogP contribution in [0.25, 0.3) is 0 Å². The predicted octanol–water partition coefficient (Wildman–Crippen LogP) is 1.48. The Labute approximate surface area is 143 Å². The molecule has 132 valence electrons. The average molecular weight is 333 g/mol. The van der Waals surface area contributed by atoms with Crippen LogP contribution in [0.3, 0.4) is 0 Å². The first-order valence-corrected chi connectivity index (χ1v) is 8.92. The van der Waals surface area contributed by atoms with Gasteiger partial charge in [-0.15, -0.1) is 0 Å². The number of piperidine rings is 1. The van der Waals surface area contributed by atoms with E-state index in [9.17, 15) is 9.59 Å². The van der Waals surface area contributed by atoms with Gasteiger partial charge in [0.2, 0.25) is 11.8 Å². The maximum Gasteiger partial charge on any atom is 0.225 e. The van der Waals surface area contributed by atoms with E-state index in [0.717, 1.165) is 31.3 Å². The van der Waals surface area contributed by atoms with Gasteiger partial charge in [-0.3, -0.25) is 9.59 Å². The number of carbonyl (C=O) groups is 2. The van der Waals surface area contributed by atoms with Crippen LogP contribution in [0.5, 0.6) is 0 Å². The van der Waals surface area contributed by atoms with E-state index >= 15 is 0 Å². The highest BCUT2D eigenvalue weighted by atomic mass is 16.3. The number of hydrogen-bond acceptors (Lipinski definition) is 4. The molecular weight excluding hydrogens is 306 g/mol. The number of likely N-dealkylation sites (tertiary alicyclic amines) is 2. The maximum absolute atomic E-state index is 12.3. The average Bonchev–Trinajstić information content (AvgIpc) is 3.20. The molecule has 0 saturated carbocycles. The van der Waals surface area contributed by atoms with Crippen LogP contribution in [0, 0.1) is 11.8 Å². The van der Waals surface area contributed by atoms with E-state index in [1.165, 1.54) is 12.8 Å². The van der Waals surface area contributed by atoms with E-state index in [2.05, 4.69) is 17.1 Å². The van der Waals surface area contributed by atoms with Crippen LogP contribution in [0.2, 0.25) is 0 Å². The summed E-state index contributed by atoms with van der Waals surface area (Å²) in [7, 11) is 0. The first kappa shape index (κ1) is 17.0. The summed E-state index contributed by atoms with van der Waals surface area (Å²) in [5, 5.41) is 3.00. The Balaban J connectivity index is 1.38. The fourth-order valence-corrected chi connectivity index (χ4v) is 3.46. The van der Waals surface area contributed by atoms with E-state index in [0.29, 0.717) is 26.1 Å². The molecule has 6 nitrogen and oxygen atoms in total.